The highest BCUT2D eigenvalue weighted by atomic mass is 79.9. The van der Waals surface area contributed by atoms with Crippen molar-refractivity contribution in [2.24, 2.45) is 0 Å². The largest absolute Gasteiger partial charge is 0.276 e. The number of hydrogen-bond acceptors (Lipinski definition) is 3. The molecule has 0 aliphatic heterocycles. The molecule has 0 aliphatic rings. The van der Waals surface area contributed by atoms with Gasteiger partial charge in [0, 0.05) is 16.4 Å². The zero-order valence-electron chi connectivity index (χ0n) is 6.95. The van der Waals surface area contributed by atoms with E-state index >= 15 is 0 Å². The van der Waals surface area contributed by atoms with Gasteiger partial charge in [-0.25, -0.2) is 4.68 Å². The Morgan fingerprint density at radius 2 is 2.46 bits per heavy atom. The van der Waals surface area contributed by atoms with Crippen molar-refractivity contribution in [3.8, 4) is 0 Å². The standard InChI is InChI=1S/C8H7BrN2OS/c1-2-11-8(12)7-5(9)4-13-6(7)3-10-11/h3-4H,2H2,1H3. The van der Waals surface area contributed by atoms with Crippen LogP contribution in [0.2, 0.25) is 0 Å². The molecule has 2 aromatic rings. The third kappa shape index (κ3) is 1.32. The second-order valence-corrected chi connectivity index (χ2v) is 4.35. The fraction of sp³-hybridized carbons (Fsp3) is 0.250. The molecule has 0 aromatic carbocycles. The van der Waals surface area contributed by atoms with Gasteiger partial charge in [0.1, 0.15) is 0 Å². The SMILES string of the molecule is CCn1ncc2scc(Br)c2c1=O. The highest BCUT2D eigenvalue weighted by molar-refractivity contribution is 9.10. The van der Waals surface area contributed by atoms with Gasteiger partial charge in [-0.2, -0.15) is 5.10 Å². The first kappa shape index (κ1) is 8.90. The Balaban J connectivity index is 2.92. The van der Waals surface area contributed by atoms with Crippen LogP contribution in [0.1, 0.15) is 6.92 Å². The summed E-state index contributed by atoms with van der Waals surface area (Å²) in [5.74, 6) is 0. The molecule has 0 bridgehead atoms. The van der Waals surface area contributed by atoms with Crippen LogP contribution in [0.15, 0.2) is 20.8 Å². The van der Waals surface area contributed by atoms with Crippen LogP contribution in [0.4, 0.5) is 0 Å². The first-order valence-corrected chi connectivity index (χ1v) is 5.54. The first-order valence-electron chi connectivity index (χ1n) is 3.87. The first-order chi connectivity index (χ1) is 6.24. The highest BCUT2D eigenvalue weighted by Gasteiger charge is 2.07. The Bertz CT molecular complexity index is 502. The molecule has 5 heteroatoms. The van der Waals surface area contributed by atoms with Crippen LogP contribution in [0.3, 0.4) is 0 Å². The van der Waals surface area contributed by atoms with E-state index in [-0.39, 0.29) is 5.56 Å². The normalized spacial score (nSPS) is 10.9. The Hall–Kier alpha value is -0.680. The van der Waals surface area contributed by atoms with Crippen molar-refractivity contribution in [2.45, 2.75) is 13.5 Å². The Labute approximate surface area is 87.1 Å². The maximum atomic E-state index is 11.7. The number of aryl methyl sites for hydroxylation is 1. The summed E-state index contributed by atoms with van der Waals surface area (Å²) in [6, 6.07) is 0. The molecule has 0 N–H and O–H groups in total. The Kier molecular flexibility index (Phi) is 2.21. The fourth-order valence-corrected chi connectivity index (χ4v) is 2.75. The van der Waals surface area contributed by atoms with Crippen molar-refractivity contribution >= 4 is 37.4 Å². The third-order valence-electron chi connectivity index (χ3n) is 1.84. The van der Waals surface area contributed by atoms with Crippen molar-refractivity contribution in [1.29, 1.82) is 0 Å². The van der Waals surface area contributed by atoms with Crippen molar-refractivity contribution in [3.05, 3.63) is 26.4 Å². The molecule has 2 heterocycles. The van der Waals surface area contributed by atoms with Crippen LogP contribution in [0.5, 0.6) is 0 Å². The average molecular weight is 259 g/mol. The van der Waals surface area contributed by atoms with Gasteiger partial charge in [0.2, 0.25) is 0 Å². The van der Waals surface area contributed by atoms with E-state index in [0.717, 1.165) is 14.6 Å². The van der Waals surface area contributed by atoms with E-state index in [0.29, 0.717) is 6.54 Å². The topological polar surface area (TPSA) is 34.9 Å². The molecule has 0 radical (unpaired) electrons. The molecule has 2 rings (SSSR count). The van der Waals surface area contributed by atoms with Gasteiger partial charge in [-0.05, 0) is 22.9 Å². The average Bonchev–Trinajstić information content (AvgIpc) is 2.49. The van der Waals surface area contributed by atoms with E-state index in [2.05, 4.69) is 21.0 Å². The van der Waals surface area contributed by atoms with Crippen molar-refractivity contribution < 1.29 is 0 Å². The lowest BCUT2D eigenvalue weighted by atomic mass is 10.4. The molecular formula is C8H7BrN2OS. The van der Waals surface area contributed by atoms with Crippen LogP contribution < -0.4 is 5.56 Å². The number of halogens is 1. The van der Waals surface area contributed by atoms with Crippen molar-refractivity contribution in [2.75, 3.05) is 0 Å². The highest BCUT2D eigenvalue weighted by Crippen LogP contribution is 2.26. The van der Waals surface area contributed by atoms with E-state index < -0.39 is 0 Å². The molecular weight excluding hydrogens is 252 g/mol. The maximum Gasteiger partial charge on any atom is 0.276 e. The summed E-state index contributed by atoms with van der Waals surface area (Å²) in [7, 11) is 0. The molecule has 0 fully saturated rings. The number of nitrogens with zero attached hydrogens (tertiary/aromatic N) is 2. The van der Waals surface area contributed by atoms with E-state index in [4.69, 9.17) is 0 Å². The van der Waals surface area contributed by atoms with Crippen LogP contribution >= 0.6 is 27.3 Å². The number of thiophene rings is 1. The summed E-state index contributed by atoms with van der Waals surface area (Å²) >= 11 is 4.87. The Morgan fingerprint density at radius 3 is 3.15 bits per heavy atom. The summed E-state index contributed by atoms with van der Waals surface area (Å²) in [6.07, 6.45) is 1.73. The van der Waals surface area contributed by atoms with E-state index in [1.165, 1.54) is 16.0 Å². The summed E-state index contributed by atoms with van der Waals surface area (Å²) in [5, 5.41) is 6.68. The number of aromatic nitrogens is 2. The van der Waals surface area contributed by atoms with Gasteiger partial charge in [0.25, 0.3) is 5.56 Å². The summed E-state index contributed by atoms with van der Waals surface area (Å²) in [5.41, 5.74) is -0.0203. The Morgan fingerprint density at radius 1 is 1.69 bits per heavy atom. The van der Waals surface area contributed by atoms with Crippen molar-refractivity contribution in [3.63, 3.8) is 0 Å². The summed E-state index contributed by atoms with van der Waals surface area (Å²) < 4.78 is 3.25. The number of rotatable bonds is 1. The molecule has 13 heavy (non-hydrogen) atoms. The number of fused-ring (bicyclic) bond motifs is 1. The summed E-state index contributed by atoms with van der Waals surface area (Å²) in [4.78, 5) is 11.7. The monoisotopic (exact) mass is 258 g/mol. The second-order valence-electron chi connectivity index (χ2n) is 2.59. The maximum absolute atomic E-state index is 11.7. The van der Waals surface area contributed by atoms with E-state index in [1.54, 1.807) is 6.20 Å². The van der Waals surface area contributed by atoms with Gasteiger partial charge in [-0.1, -0.05) is 0 Å². The van der Waals surface area contributed by atoms with Crippen LogP contribution in [0.25, 0.3) is 10.1 Å². The molecule has 0 spiro atoms. The van der Waals surface area contributed by atoms with Crippen LogP contribution in [-0.2, 0) is 6.54 Å². The molecule has 0 atom stereocenters. The molecule has 0 saturated heterocycles. The molecule has 68 valence electrons. The van der Waals surface area contributed by atoms with Gasteiger partial charge in [-0.3, -0.25) is 4.79 Å². The molecule has 0 amide bonds. The van der Waals surface area contributed by atoms with E-state index in [9.17, 15) is 4.79 Å². The van der Waals surface area contributed by atoms with Crippen LogP contribution in [0, 0.1) is 0 Å². The van der Waals surface area contributed by atoms with Gasteiger partial charge in [0.05, 0.1) is 16.3 Å². The van der Waals surface area contributed by atoms with Gasteiger partial charge in [-0.15, -0.1) is 11.3 Å². The molecule has 3 nitrogen and oxygen atoms in total. The lowest BCUT2D eigenvalue weighted by molar-refractivity contribution is 0.623. The van der Waals surface area contributed by atoms with E-state index in [1.807, 2.05) is 12.3 Å². The fourth-order valence-electron chi connectivity index (χ4n) is 1.18. The predicted molar refractivity (Wildman–Crippen MR) is 57.3 cm³/mol. The van der Waals surface area contributed by atoms with Gasteiger partial charge in [0.15, 0.2) is 0 Å². The minimum absolute atomic E-state index is 0.0203. The smallest absolute Gasteiger partial charge is 0.267 e. The minimum atomic E-state index is -0.0203. The van der Waals surface area contributed by atoms with Crippen LogP contribution in [-0.4, -0.2) is 9.78 Å². The zero-order valence-corrected chi connectivity index (χ0v) is 9.35. The van der Waals surface area contributed by atoms with Gasteiger partial charge < -0.3 is 0 Å². The summed E-state index contributed by atoms with van der Waals surface area (Å²) in [6.45, 7) is 2.51. The zero-order chi connectivity index (χ0) is 9.42. The minimum Gasteiger partial charge on any atom is -0.267 e. The molecule has 2 aromatic heterocycles. The van der Waals surface area contributed by atoms with Crippen molar-refractivity contribution in [1.82, 2.24) is 9.78 Å². The van der Waals surface area contributed by atoms with Gasteiger partial charge >= 0.3 is 0 Å². The molecule has 0 unspecified atom stereocenters. The molecule has 0 aliphatic carbocycles. The quantitative estimate of drug-likeness (QED) is 0.787. The second kappa shape index (κ2) is 3.23. The number of hydrogen-bond donors (Lipinski definition) is 0. The molecule has 0 saturated carbocycles. The lowest BCUT2D eigenvalue weighted by Gasteiger charge is -1.98. The predicted octanol–water partition coefficient (Wildman–Crippen LogP) is 2.24. The lowest BCUT2D eigenvalue weighted by Crippen LogP contribution is -2.21. The third-order valence-corrected chi connectivity index (χ3v) is 3.68.